The molecule has 10 nitrogen and oxygen atoms in total. The number of nitrogens with two attached hydrogens (primary N) is 1. The molecule has 0 bridgehead atoms. The Balaban J connectivity index is 3.71. The standard InChI is InChI=1S/C28H48NO9P/c1-2-3-4-5-6-7-8-9-10-11-12-13-14-15-16-17-18-19-20-21-27(31)36-22-25(30)23-37-39(34,35)38-24-26(29)28(32)33/h6-7,9-10,12-13,15-16,25-26,30H,2-5,8,11,14,17-24,29H2,1H3,(H,32,33)(H,34,35)/b7-6-,10-9-,13-12-,16-15-/t25-,26+/m1/s1. The molecule has 11 heteroatoms. The van der Waals surface area contributed by atoms with Crippen LogP contribution in [0, 0.1) is 0 Å². The van der Waals surface area contributed by atoms with Gasteiger partial charge in [0.15, 0.2) is 0 Å². The summed E-state index contributed by atoms with van der Waals surface area (Å²) < 4.78 is 25.5. The minimum Gasteiger partial charge on any atom is -0.480 e. The lowest BCUT2D eigenvalue weighted by atomic mass is 10.1. The molecule has 0 radical (unpaired) electrons. The molecule has 5 N–H and O–H groups in total. The maximum atomic E-state index is 11.8. The summed E-state index contributed by atoms with van der Waals surface area (Å²) in [5, 5.41) is 18.3. The number of aliphatic hydroxyl groups excluding tert-OH is 1. The lowest BCUT2D eigenvalue weighted by molar-refractivity contribution is -0.147. The maximum Gasteiger partial charge on any atom is 0.472 e. The van der Waals surface area contributed by atoms with Crippen LogP contribution in [-0.2, 0) is 27.9 Å². The first-order valence-corrected chi connectivity index (χ1v) is 15.2. The van der Waals surface area contributed by atoms with Gasteiger partial charge in [-0.25, -0.2) is 4.57 Å². The number of phosphoric acid groups is 1. The Morgan fingerprint density at radius 2 is 1.31 bits per heavy atom. The Morgan fingerprint density at radius 3 is 1.85 bits per heavy atom. The normalized spacial score (nSPS) is 15.4. The number of hydrogen-bond donors (Lipinski definition) is 4. The van der Waals surface area contributed by atoms with Crippen LogP contribution in [0.25, 0.3) is 0 Å². The van der Waals surface area contributed by atoms with E-state index in [1.807, 2.05) is 0 Å². The fourth-order valence-electron chi connectivity index (χ4n) is 3.04. The highest BCUT2D eigenvalue weighted by atomic mass is 31.2. The largest absolute Gasteiger partial charge is 0.480 e. The molecule has 0 aromatic heterocycles. The third kappa shape index (κ3) is 25.9. The molecular weight excluding hydrogens is 525 g/mol. The number of carboxylic acids is 1. The second kappa shape index (κ2) is 24.9. The molecular formula is C28H48NO9P. The van der Waals surface area contributed by atoms with E-state index >= 15 is 0 Å². The molecule has 0 aliphatic rings. The van der Waals surface area contributed by atoms with E-state index in [1.54, 1.807) is 0 Å². The number of rotatable bonds is 25. The van der Waals surface area contributed by atoms with Crippen LogP contribution in [0.15, 0.2) is 48.6 Å². The van der Waals surface area contributed by atoms with E-state index in [1.165, 1.54) is 25.7 Å². The van der Waals surface area contributed by atoms with Crippen molar-refractivity contribution in [2.45, 2.75) is 96.1 Å². The van der Waals surface area contributed by atoms with Crippen LogP contribution in [0.5, 0.6) is 0 Å². The summed E-state index contributed by atoms with van der Waals surface area (Å²) >= 11 is 0. The molecule has 0 spiro atoms. The van der Waals surface area contributed by atoms with Crippen molar-refractivity contribution in [3.63, 3.8) is 0 Å². The molecule has 0 aliphatic carbocycles. The van der Waals surface area contributed by atoms with E-state index in [2.05, 4.69) is 64.6 Å². The number of aliphatic hydroxyl groups is 1. The van der Waals surface area contributed by atoms with Gasteiger partial charge in [-0.05, 0) is 51.4 Å². The molecule has 39 heavy (non-hydrogen) atoms. The first-order valence-electron chi connectivity index (χ1n) is 13.7. The number of unbranched alkanes of at least 4 members (excludes halogenated alkanes) is 6. The number of carbonyl (C=O) groups excluding carboxylic acids is 1. The molecule has 0 aliphatic heterocycles. The van der Waals surface area contributed by atoms with E-state index in [9.17, 15) is 24.2 Å². The van der Waals surface area contributed by atoms with Gasteiger partial charge in [-0.1, -0.05) is 74.8 Å². The van der Waals surface area contributed by atoms with Crippen LogP contribution in [-0.4, -0.2) is 59.0 Å². The van der Waals surface area contributed by atoms with E-state index in [-0.39, 0.29) is 6.42 Å². The first kappa shape index (κ1) is 36.9. The quantitative estimate of drug-likeness (QED) is 0.0483. The monoisotopic (exact) mass is 573 g/mol. The Kier molecular flexibility index (Phi) is 23.6. The zero-order chi connectivity index (χ0) is 29.2. The number of phosphoric ester groups is 1. The molecule has 1 unspecified atom stereocenters. The van der Waals surface area contributed by atoms with Gasteiger partial charge in [0.25, 0.3) is 0 Å². The van der Waals surface area contributed by atoms with Crippen LogP contribution in [0.4, 0.5) is 0 Å². The van der Waals surface area contributed by atoms with Gasteiger partial charge in [0.05, 0.1) is 13.2 Å². The van der Waals surface area contributed by atoms with Crippen molar-refractivity contribution < 1.29 is 43.0 Å². The number of aliphatic carboxylic acids is 1. The van der Waals surface area contributed by atoms with Crippen LogP contribution >= 0.6 is 7.82 Å². The first-order chi connectivity index (χ1) is 18.7. The second-order valence-electron chi connectivity index (χ2n) is 9.03. The van der Waals surface area contributed by atoms with Crippen LogP contribution < -0.4 is 5.73 Å². The highest BCUT2D eigenvalue weighted by Crippen LogP contribution is 2.43. The second-order valence-corrected chi connectivity index (χ2v) is 10.5. The molecule has 0 heterocycles. The van der Waals surface area contributed by atoms with Gasteiger partial charge in [-0.2, -0.15) is 0 Å². The molecule has 3 atom stereocenters. The summed E-state index contributed by atoms with van der Waals surface area (Å²) in [7, 11) is -4.60. The Morgan fingerprint density at radius 1 is 0.795 bits per heavy atom. The van der Waals surface area contributed by atoms with Gasteiger partial charge < -0.3 is 25.6 Å². The average molecular weight is 574 g/mol. The van der Waals surface area contributed by atoms with Crippen LogP contribution in [0.3, 0.4) is 0 Å². The fourth-order valence-corrected chi connectivity index (χ4v) is 3.83. The summed E-state index contributed by atoms with van der Waals surface area (Å²) in [4.78, 5) is 31.8. The zero-order valence-corrected chi connectivity index (χ0v) is 24.1. The van der Waals surface area contributed by atoms with Crippen LogP contribution in [0.1, 0.15) is 84.0 Å². The molecule has 0 amide bonds. The topological polar surface area (TPSA) is 166 Å². The molecule has 0 fully saturated rings. The number of ether oxygens (including phenoxy) is 1. The smallest absolute Gasteiger partial charge is 0.472 e. The average Bonchev–Trinajstić information content (AvgIpc) is 2.90. The van der Waals surface area contributed by atoms with E-state index < -0.39 is 51.7 Å². The van der Waals surface area contributed by atoms with Crippen molar-refractivity contribution in [2.24, 2.45) is 5.73 Å². The maximum absolute atomic E-state index is 11.8. The van der Waals surface area contributed by atoms with E-state index in [4.69, 9.17) is 15.6 Å². The summed E-state index contributed by atoms with van der Waals surface area (Å²) in [6.45, 7) is 0.430. The number of carbonyl (C=O) groups is 2. The molecule has 0 aromatic rings. The minimum absolute atomic E-state index is 0.205. The summed E-state index contributed by atoms with van der Waals surface area (Å²) in [6.07, 6.45) is 27.6. The van der Waals surface area contributed by atoms with Gasteiger partial charge in [-0.3, -0.25) is 18.6 Å². The molecule has 0 aromatic carbocycles. The van der Waals surface area contributed by atoms with Gasteiger partial charge in [0.1, 0.15) is 18.8 Å². The highest BCUT2D eigenvalue weighted by molar-refractivity contribution is 7.47. The van der Waals surface area contributed by atoms with Crippen molar-refractivity contribution in [2.75, 3.05) is 19.8 Å². The van der Waals surface area contributed by atoms with Crippen molar-refractivity contribution >= 4 is 19.8 Å². The molecule has 224 valence electrons. The Labute approximate surface area is 233 Å². The lowest BCUT2D eigenvalue weighted by Gasteiger charge is -2.16. The van der Waals surface area contributed by atoms with E-state index in [0.29, 0.717) is 6.42 Å². The predicted octanol–water partition coefficient (Wildman–Crippen LogP) is 5.36. The summed E-state index contributed by atoms with van der Waals surface area (Å²) in [6, 6.07) is -1.49. The molecule has 0 saturated carbocycles. The number of esters is 1. The summed E-state index contributed by atoms with van der Waals surface area (Å²) in [5.74, 6) is -1.89. The van der Waals surface area contributed by atoms with Crippen molar-refractivity contribution in [3.05, 3.63) is 48.6 Å². The van der Waals surface area contributed by atoms with E-state index in [0.717, 1.165) is 38.5 Å². The van der Waals surface area contributed by atoms with Gasteiger partial charge in [0.2, 0.25) is 0 Å². The number of carboxylic acid groups (broad SMARTS) is 1. The number of hydrogen-bond acceptors (Lipinski definition) is 8. The van der Waals surface area contributed by atoms with Gasteiger partial charge in [-0.15, -0.1) is 0 Å². The fraction of sp³-hybridized carbons (Fsp3) is 0.643. The van der Waals surface area contributed by atoms with Crippen molar-refractivity contribution in [1.82, 2.24) is 0 Å². The predicted molar refractivity (Wildman–Crippen MR) is 152 cm³/mol. The Bertz CT molecular complexity index is 811. The summed E-state index contributed by atoms with van der Waals surface area (Å²) in [5.41, 5.74) is 5.16. The zero-order valence-electron chi connectivity index (χ0n) is 23.2. The van der Waals surface area contributed by atoms with Crippen molar-refractivity contribution in [3.8, 4) is 0 Å². The molecule has 0 rings (SSSR count). The third-order valence-corrected chi connectivity index (χ3v) is 6.26. The van der Waals surface area contributed by atoms with Gasteiger partial charge in [0, 0.05) is 6.42 Å². The highest BCUT2D eigenvalue weighted by Gasteiger charge is 2.26. The van der Waals surface area contributed by atoms with Crippen molar-refractivity contribution in [1.29, 1.82) is 0 Å². The number of allylic oxidation sites excluding steroid dienone is 8. The van der Waals surface area contributed by atoms with Crippen LogP contribution in [0.2, 0.25) is 0 Å². The Hall–Kier alpha value is -2.07. The lowest BCUT2D eigenvalue weighted by Crippen LogP contribution is -2.34. The SMILES string of the molecule is CCCCC/C=C\C/C=C\C/C=C\C/C=C\CCCCCC(=O)OC[C@@H](O)COP(=O)(O)OC[C@H](N)C(=O)O. The third-order valence-electron chi connectivity index (χ3n) is 5.31. The minimum atomic E-state index is -4.60. The van der Waals surface area contributed by atoms with Gasteiger partial charge >= 0.3 is 19.8 Å². The molecule has 0 saturated heterocycles.